The number of alkyl halides is 3. The first-order valence-electron chi connectivity index (χ1n) is 7.17. The summed E-state index contributed by atoms with van der Waals surface area (Å²) < 4.78 is 51.2. The van der Waals surface area contributed by atoms with Crippen LogP contribution in [0.2, 0.25) is 0 Å². The predicted octanol–water partition coefficient (Wildman–Crippen LogP) is 3.57. The Bertz CT molecular complexity index is 453. The molecule has 1 aliphatic rings. The molecule has 2 nitrogen and oxygen atoms in total. The lowest BCUT2D eigenvalue weighted by molar-refractivity contribution is -0.184. The molecule has 0 amide bonds. The molecule has 118 valence electrons. The van der Waals surface area contributed by atoms with E-state index in [9.17, 15) is 17.6 Å². The van der Waals surface area contributed by atoms with Crippen molar-refractivity contribution in [1.82, 2.24) is 5.43 Å². The minimum atomic E-state index is -4.10. The van der Waals surface area contributed by atoms with Gasteiger partial charge >= 0.3 is 6.18 Å². The van der Waals surface area contributed by atoms with Crippen molar-refractivity contribution in [3.05, 3.63) is 35.6 Å². The number of halogens is 4. The maximum absolute atomic E-state index is 13.2. The molecule has 1 aromatic rings. The lowest BCUT2D eigenvalue weighted by Crippen LogP contribution is -2.44. The SMILES string of the molecule is NNC(Cc1cccc(F)c1)C1CCC(C(F)(F)F)CC1. The molecule has 2 rings (SSSR count). The van der Waals surface area contributed by atoms with E-state index in [-0.39, 0.29) is 30.6 Å². The molecule has 21 heavy (non-hydrogen) atoms. The number of benzene rings is 1. The maximum Gasteiger partial charge on any atom is 0.391 e. The van der Waals surface area contributed by atoms with Gasteiger partial charge in [-0.3, -0.25) is 11.3 Å². The molecule has 0 aromatic heterocycles. The Morgan fingerprint density at radius 2 is 1.86 bits per heavy atom. The lowest BCUT2D eigenvalue weighted by atomic mass is 9.77. The van der Waals surface area contributed by atoms with Gasteiger partial charge in [0.1, 0.15) is 5.82 Å². The van der Waals surface area contributed by atoms with Crippen LogP contribution >= 0.6 is 0 Å². The summed E-state index contributed by atoms with van der Waals surface area (Å²) >= 11 is 0. The van der Waals surface area contributed by atoms with E-state index in [1.807, 2.05) is 0 Å². The van der Waals surface area contributed by atoms with E-state index < -0.39 is 12.1 Å². The van der Waals surface area contributed by atoms with E-state index in [1.165, 1.54) is 12.1 Å². The highest BCUT2D eigenvalue weighted by atomic mass is 19.4. The zero-order valence-corrected chi connectivity index (χ0v) is 11.7. The Morgan fingerprint density at radius 3 is 2.38 bits per heavy atom. The summed E-state index contributed by atoms with van der Waals surface area (Å²) in [6.07, 6.45) is -2.29. The normalized spacial score (nSPS) is 24.8. The zero-order valence-electron chi connectivity index (χ0n) is 11.7. The lowest BCUT2D eigenvalue weighted by Gasteiger charge is -2.34. The molecule has 0 heterocycles. The molecule has 0 radical (unpaired) electrons. The second-order valence-electron chi connectivity index (χ2n) is 5.76. The molecule has 1 aliphatic carbocycles. The molecule has 1 fully saturated rings. The van der Waals surface area contributed by atoms with E-state index in [0.717, 1.165) is 5.56 Å². The van der Waals surface area contributed by atoms with Crippen LogP contribution < -0.4 is 11.3 Å². The topological polar surface area (TPSA) is 38.0 Å². The molecule has 0 spiro atoms. The molecule has 1 aromatic carbocycles. The Kier molecular flexibility index (Phi) is 5.22. The van der Waals surface area contributed by atoms with Crippen LogP contribution in [0.25, 0.3) is 0 Å². The monoisotopic (exact) mass is 304 g/mol. The van der Waals surface area contributed by atoms with Gasteiger partial charge in [0, 0.05) is 6.04 Å². The number of nitrogens with one attached hydrogen (secondary N) is 1. The fourth-order valence-electron chi connectivity index (χ4n) is 3.13. The van der Waals surface area contributed by atoms with Crippen LogP contribution in [-0.2, 0) is 6.42 Å². The fraction of sp³-hybridized carbons (Fsp3) is 0.600. The number of nitrogens with two attached hydrogens (primary N) is 1. The third kappa shape index (κ3) is 4.41. The highest BCUT2D eigenvalue weighted by molar-refractivity contribution is 5.17. The molecule has 1 atom stereocenters. The van der Waals surface area contributed by atoms with Crippen LogP contribution in [0.15, 0.2) is 24.3 Å². The molecule has 1 saturated carbocycles. The van der Waals surface area contributed by atoms with Crippen LogP contribution in [0.1, 0.15) is 31.2 Å². The predicted molar refractivity (Wildman–Crippen MR) is 72.7 cm³/mol. The molecular weight excluding hydrogens is 284 g/mol. The second-order valence-corrected chi connectivity index (χ2v) is 5.76. The van der Waals surface area contributed by atoms with E-state index in [0.29, 0.717) is 19.3 Å². The summed E-state index contributed by atoms with van der Waals surface area (Å²) in [5, 5.41) is 0. The molecular formula is C15H20F4N2. The highest BCUT2D eigenvalue weighted by Crippen LogP contribution is 2.40. The van der Waals surface area contributed by atoms with Gasteiger partial charge in [-0.1, -0.05) is 12.1 Å². The highest BCUT2D eigenvalue weighted by Gasteiger charge is 2.42. The fourth-order valence-corrected chi connectivity index (χ4v) is 3.13. The average molecular weight is 304 g/mol. The van der Waals surface area contributed by atoms with Crippen LogP contribution in [0.3, 0.4) is 0 Å². The van der Waals surface area contributed by atoms with Gasteiger partial charge < -0.3 is 0 Å². The first kappa shape index (κ1) is 16.2. The van der Waals surface area contributed by atoms with E-state index >= 15 is 0 Å². The number of hydrogen-bond donors (Lipinski definition) is 2. The van der Waals surface area contributed by atoms with Gasteiger partial charge in [0.2, 0.25) is 0 Å². The van der Waals surface area contributed by atoms with Crippen molar-refractivity contribution in [2.75, 3.05) is 0 Å². The summed E-state index contributed by atoms with van der Waals surface area (Å²) in [6.45, 7) is 0. The smallest absolute Gasteiger partial charge is 0.271 e. The third-order valence-electron chi connectivity index (χ3n) is 4.36. The minimum Gasteiger partial charge on any atom is -0.271 e. The molecule has 6 heteroatoms. The Hall–Kier alpha value is -1.14. The Morgan fingerprint density at radius 1 is 1.19 bits per heavy atom. The second kappa shape index (κ2) is 6.75. The third-order valence-corrected chi connectivity index (χ3v) is 4.36. The van der Waals surface area contributed by atoms with E-state index in [1.54, 1.807) is 12.1 Å². The molecule has 3 N–H and O–H groups in total. The quantitative estimate of drug-likeness (QED) is 0.507. The number of hydrogen-bond acceptors (Lipinski definition) is 2. The van der Waals surface area contributed by atoms with Gasteiger partial charge in [0.25, 0.3) is 0 Å². The van der Waals surface area contributed by atoms with Crippen molar-refractivity contribution in [1.29, 1.82) is 0 Å². The zero-order chi connectivity index (χ0) is 15.5. The molecule has 0 aliphatic heterocycles. The molecule has 0 bridgehead atoms. The van der Waals surface area contributed by atoms with Gasteiger partial charge in [-0.15, -0.1) is 0 Å². The van der Waals surface area contributed by atoms with Crippen molar-refractivity contribution in [2.45, 2.75) is 44.3 Å². The van der Waals surface area contributed by atoms with Crippen molar-refractivity contribution in [3.63, 3.8) is 0 Å². The Labute approximate surface area is 121 Å². The van der Waals surface area contributed by atoms with Gasteiger partial charge in [-0.2, -0.15) is 13.2 Å². The largest absolute Gasteiger partial charge is 0.391 e. The molecule has 1 unspecified atom stereocenters. The van der Waals surface area contributed by atoms with Crippen molar-refractivity contribution in [2.24, 2.45) is 17.7 Å². The summed E-state index contributed by atoms with van der Waals surface area (Å²) in [5.74, 6) is 4.13. The average Bonchev–Trinajstić information content (AvgIpc) is 2.44. The summed E-state index contributed by atoms with van der Waals surface area (Å²) in [4.78, 5) is 0. The van der Waals surface area contributed by atoms with Gasteiger partial charge in [-0.25, -0.2) is 4.39 Å². The minimum absolute atomic E-state index is 0.0943. The van der Waals surface area contributed by atoms with Gasteiger partial charge in [-0.05, 0) is 55.7 Å². The van der Waals surface area contributed by atoms with Gasteiger partial charge in [0.05, 0.1) is 5.92 Å². The van der Waals surface area contributed by atoms with Crippen LogP contribution in [0, 0.1) is 17.7 Å². The van der Waals surface area contributed by atoms with Crippen molar-refractivity contribution in [3.8, 4) is 0 Å². The van der Waals surface area contributed by atoms with Crippen LogP contribution in [-0.4, -0.2) is 12.2 Å². The van der Waals surface area contributed by atoms with E-state index in [2.05, 4.69) is 5.43 Å². The first-order valence-corrected chi connectivity index (χ1v) is 7.17. The summed E-state index contributed by atoms with van der Waals surface area (Å²) in [5.41, 5.74) is 3.49. The number of rotatable bonds is 4. The van der Waals surface area contributed by atoms with Crippen molar-refractivity contribution >= 4 is 0 Å². The number of hydrazine groups is 1. The summed E-state index contributed by atoms with van der Waals surface area (Å²) in [6, 6.07) is 6.10. The standard InChI is InChI=1S/C15H20F4N2/c16-13-3-1-2-10(8-13)9-14(21-20)11-4-6-12(7-5-11)15(17,18)19/h1-3,8,11-12,14,21H,4-7,9,20H2. The maximum atomic E-state index is 13.2. The first-order chi connectivity index (χ1) is 9.90. The van der Waals surface area contributed by atoms with E-state index in [4.69, 9.17) is 5.84 Å². The molecule has 0 saturated heterocycles. The van der Waals surface area contributed by atoms with Crippen LogP contribution in [0.4, 0.5) is 17.6 Å². The summed E-state index contributed by atoms with van der Waals surface area (Å²) in [7, 11) is 0. The van der Waals surface area contributed by atoms with Gasteiger partial charge in [0.15, 0.2) is 0 Å². The van der Waals surface area contributed by atoms with Crippen molar-refractivity contribution < 1.29 is 17.6 Å². The Balaban J connectivity index is 1.94. The van der Waals surface area contributed by atoms with Crippen LogP contribution in [0.5, 0.6) is 0 Å².